The molecule has 0 amide bonds. The topological polar surface area (TPSA) is 54.4 Å². The molecule has 0 aromatic rings. The third-order valence-electron chi connectivity index (χ3n) is 2.34. The molecule has 0 aliphatic rings. The van der Waals surface area contributed by atoms with E-state index in [1.54, 1.807) is 6.92 Å². The van der Waals surface area contributed by atoms with Crippen molar-refractivity contribution in [2.45, 2.75) is 38.9 Å². The lowest BCUT2D eigenvalue weighted by molar-refractivity contribution is -0.153. The minimum atomic E-state index is -1.35. The smallest absolute Gasteiger partial charge is 0.318 e. The third kappa shape index (κ3) is 2.46. The van der Waals surface area contributed by atoms with Crippen molar-refractivity contribution >= 4 is 24.4 Å². The lowest BCUT2D eigenvalue weighted by Gasteiger charge is -2.26. The van der Waals surface area contributed by atoms with E-state index >= 15 is 0 Å². The van der Waals surface area contributed by atoms with E-state index in [4.69, 9.17) is 5.11 Å². The molecule has 0 saturated carbocycles. The zero-order chi connectivity index (χ0) is 10.6. The first-order valence-corrected chi connectivity index (χ1v) is 4.83. The van der Waals surface area contributed by atoms with Crippen LogP contribution in [0.1, 0.15) is 33.6 Å². The molecule has 2 atom stereocenters. The summed E-state index contributed by atoms with van der Waals surface area (Å²) in [6.07, 6.45) is 0.968. The Hall–Kier alpha value is -0.510. The van der Waals surface area contributed by atoms with Gasteiger partial charge in [-0.25, -0.2) is 0 Å². The van der Waals surface area contributed by atoms with Gasteiger partial charge in [0.05, 0.1) is 0 Å². The second-order valence-electron chi connectivity index (χ2n) is 3.36. The van der Waals surface area contributed by atoms with Crippen LogP contribution in [0.15, 0.2) is 0 Å². The van der Waals surface area contributed by atoms with Crippen LogP contribution in [-0.2, 0) is 9.59 Å². The molecule has 0 heterocycles. The van der Waals surface area contributed by atoms with E-state index in [0.717, 1.165) is 0 Å². The monoisotopic (exact) mass is 204 g/mol. The Morgan fingerprint density at radius 3 is 2.23 bits per heavy atom. The van der Waals surface area contributed by atoms with Crippen molar-refractivity contribution < 1.29 is 14.7 Å². The lowest BCUT2D eigenvalue weighted by Crippen LogP contribution is -2.42. The quantitative estimate of drug-likeness (QED) is 0.530. The summed E-state index contributed by atoms with van der Waals surface area (Å²) in [7, 11) is 0. The number of carbonyl (C=O) groups excluding carboxylic acids is 1. The molecule has 0 spiro atoms. The zero-order valence-electron chi connectivity index (χ0n) is 8.20. The molecule has 1 unspecified atom stereocenters. The van der Waals surface area contributed by atoms with Crippen LogP contribution < -0.4 is 0 Å². The molecule has 0 aliphatic carbocycles. The SMILES string of the molecule is CCCC(=O)C(C)(C(=O)O)[C@H](C)S. The van der Waals surface area contributed by atoms with Crippen molar-refractivity contribution in [1.29, 1.82) is 0 Å². The summed E-state index contributed by atoms with van der Waals surface area (Å²) in [5, 5.41) is 8.46. The minimum Gasteiger partial charge on any atom is -0.480 e. The molecule has 0 aromatic carbocycles. The summed E-state index contributed by atoms with van der Waals surface area (Å²) in [5.74, 6) is -1.33. The number of ketones is 1. The van der Waals surface area contributed by atoms with Crippen LogP contribution in [-0.4, -0.2) is 22.1 Å². The number of carbonyl (C=O) groups is 2. The summed E-state index contributed by atoms with van der Waals surface area (Å²) < 4.78 is 0. The Bertz CT molecular complexity index is 213. The van der Waals surface area contributed by atoms with E-state index < -0.39 is 16.6 Å². The fraction of sp³-hybridized carbons (Fsp3) is 0.778. The van der Waals surface area contributed by atoms with Gasteiger partial charge in [-0.1, -0.05) is 13.8 Å². The van der Waals surface area contributed by atoms with Gasteiger partial charge in [-0.3, -0.25) is 9.59 Å². The Kier molecular flexibility index (Phi) is 4.47. The third-order valence-corrected chi connectivity index (χ3v) is 2.85. The number of thiol groups is 1. The Morgan fingerprint density at radius 2 is 2.00 bits per heavy atom. The van der Waals surface area contributed by atoms with Crippen molar-refractivity contribution in [2.24, 2.45) is 5.41 Å². The maximum atomic E-state index is 11.5. The Morgan fingerprint density at radius 1 is 1.54 bits per heavy atom. The van der Waals surface area contributed by atoms with Crippen molar-refractivity contribution in [2.75, 3.05) is 0 Å². The van der Waals surface area contributed by atoms with Crippen molar-refractivity contribution in [1.82, 2.24) is 0 Å². The average molecular weight is 204 g/mol. The van der Waals surface area contributed by atoms with E-state index in [0.29, 0.717) is 12.8 Å². The Balaban J connectivity index is 4.79. The van der Waals surface area contributed by atoms with Gasteiger partial charge in [0.1, 0.15) is 5.41 Å². The summed E-state index contributed by atoms with van der Waals surface area (Å²) in [5.41, 5.74) is -1.35. The molecule has 1 N–H and O–H groups in total. The fourth-order valence-corrected chi connectivity index (χ4v) is 1.27. The van der Waals surface area contributed by atoms with Crippen LogP contribution in [0.2, 0.25) is 0 Å². The molecule has 0 aliphatic heterocycles. The number of aliphatic carboxylic acids is 1. The molecule has 13 heavy (non-hydrogen) atoms. The number of carboxylic acids is 1. The summed E-state index contributed by atoms with van der Waals surface area (Å²) in [6.45, 7) is 4.92. The number of Topliss-reactive ketones (excluding diaryl/α,β-unsaturated/α-hetero) is 1. The maximum absolute atomic E-state index is 11.5. The van der Waals surface area contributed by atoms with E-state index in [9.17, 15) is 9.59 Å². The van der Waals surface area contributed by atoms with Crippen molar-refractivity contribution in [3.8, 4) is 0 Å². The van der Waals surface area contributed by atoms with Crippen LogP contribution >= 0.6 is 12.6 Å². The molecule has 4 heteroatoms. The van der Waals surface area contributed by atoms with E-state index in [2.05, 4.69) is 12.6 Å². The fourth-order valence-electron chi connectivity index (χ4n) is 1.02. The first-order valence-electron chi connectivity index (χ1n) is 4.32. The van der Waals surface area contributed by atoms with Gasteiger partial charge in [-0.2, -0.15) is 12.6 Å². The molecule has 0 bridgehead atoms. The highest BCUT2D eigenvalue weighted by Gasteiger charge is 2.43. The molecule has 76 valence electrons. The minimum absolute atomic E-state index is 0.245. The van der Waals surface area contributed by atoms with Crippen LogP contribution in [0.4, 0.5) is 0 Å². The zero-order valence-corrected chi connectivity index (χ0v) is 9.10. The van der Waals surface area contributed by atoms with Gasteiger partial charge in [0.15, 0.2) is 5.78 Å². The van der Waals surface area contributed by atoms with Gasteiger partial charge in [-0.15, -0.1) is 0 Å². The second kappa shape index (κ2) is 4.65. The van der Waals surface area contributed by atoms with Gasteiger partial charge in [0, 0.05) is 11.7 Å². The number of carboxylic acid groups (broad SMARTS) is 1. The molecule has 3 nitrogen and oxygen atoms in total. The van der Waals surface area contributed by atoms with Gasteiger partial charge in [0.25, 0.3) is 0 Å². The van der Waals surface area contributed by atoms with Crippen molar-refractivity contribution in [3.63, 3.8) is 0 Å². The van der Waals surface area contributed by atoms with E-state index in [1.165, 1.54) is 6.92 Å². The standard InChI is InChI=1S/C9H16O3S/c1-4-5-7(10)9(3,6(2)13)8(11)12/h6,13H,4-5H2,1-3H3,(H,11,12)/t6-,9?/m0/s1. The predicted molar refractivity (Wildman–Crippen MR) is 54.1 cm³/mol. The van der Waals surface area contributed by atoms with Gasteiger partial charge in [0.2, 0.25) is 0 Å². The highest BCUT2D eigenvalue weighted by molar-refractivity contribution is 7.81. The first kappa shape index (κ1) is 12.5. The van der Waals surface area contributed by atoms with Gasteiger partial charge in [-0.05, 0) is 13.3 Å². The average Bonchev–Trinajstić information content (AvgIpc) is 2.02. The largest absolute Gasteiger partial charge is 0.480 e. The van der Waals surface area contributed by atoms with E-state index in [1.807, 2.05) is 6.92 Å². The first-order chi connectivity index (χ1) is 5.87. The summed E-state index contributed by atoms with van der Waals surface area (Å²) in [4.78, 5) is 22.4. The molecular formula is C9H16O3S. The Labute approximate surface area is 83.9 Å². The van der Waals surface area contributed by atoms with Gasteiger partial charge < -0.3 is 5.11 Å². The van der Waals surface area contributed by atoms with Crippen LogP contribution in [0.25, 0.3) is 0 Å². The predicted octanol–water partition coefficient (Wildman–Crippen LogP) is 1.76. The summed E-state index contributed by atoms with van der Waals surface area (Å²) >= 11 is 4.05. The molecule has 0 aromatic heterocycles. The molecule has 0 radical (unpaired) electrons. The normalized spacial score (nSPS) is 17.5. The van der Waals surface area contributed by atoms with Crippen LogP contribution in [0, 0.1) is 5.41 Å². The number of hydrogen-bond acceptors (Lipinski definition) is 3. The maximum Gasteiger partial charge on any atom is 0.318 e. The summed E-state index contributed by atoms with van der Waals surface area (Å²) in [6, 6.07) is 0. The molecule has 0 saturated heterocycles. The number of rotatable bonds is 5. The molecular weight excluding hydrogens is 188 g/mol. The van der Waals surface area contributed by atoms with Crippen LogP contribution in [0.3, 0.4) is 0 Å². The van der Waals surface area contributed by atoms with Gasteiger partial charge >= 0.3 is 5.97 Å². The molecule has 0 rings (SSSR count). The van der Waals surface area contributed by atoms with Crippen LogP contribution in [0.5, 0.6) is 0 Å². The molecule has 0 fully saturated rings. The highest BCUT2D eigenvalue weighted by atomic mass is 32.1. The highest BCUT2D eigenvalue weighted by Crippen LogP contribution is 2.29. The lowest BCUT2D eigenvalue weighted by atomic mass is 9.81. The second-order valence-corrected chi connectivity index (χ2v) is 4.13. The van der Waals surface area contributed by atoms with E-state index in [-0.39, 0.29) is 5.78 Å². The number of hydrogen-bond donors (Lipinski definition) is 2. The van der Waals surface area contributed by atoms with Crippen molar-refractivity contribution in [3.05, 3.63) is 0 Å².